The third-order valence-electron chi connectivity index (χ3n) is 5.90. The zero-order valence-electron chi connectivity index (χ0n) is 17.2. The first-order valence-corrected chi connectivity index (χ1v) is 10.7. The normalized spacial score (nSPS) is 21.8. The highest BCUT2D eigenvalue weighted by atomic mass is 16.3. The fourth-order valence-electron chi connectivity index (χ4n) is 4.14. The topological polar surface area (TPSA) is 107 Å². The van der Waals surface area contributed by atoms with Crippen LogP contribution in [0, 0.1) is 5.92 Å². The Morgan fingerprint density at radius 2 is 1.90 bits per heavy atom. The average molecular weight is 415 g/mol. The summed E-state index contributed by atoms with van der Waals surface area (Å²) in [4.78, 5) is 39.4. The minimum absolute atomic E-state index is 0.0115. The summed E-state index contributed by atoms with van der Waals surface area (Å²) in [5.74, 6) is -1.13. The van der Waals surface area contributed by atoms with E-state index in [0.717, 1.165) is 11.1 Å². The van der Waals surface area contributed by atoms with E-state index in [0.29, 0.717) is 50.8 Å². The van der Waals surface area contributed by atoms with Crippen LogP contribution in [0.4, 0.5) is 0 Å². The number of aliphatic hydroxyl groups is 2. The fourth-order valence-corrected chi connectivity index (χ4v) is 4.14. The number of Topliss-reactive ketones (excluding diaryl/α,β-unsaturated/α-hetero) is 1. The Morgan fingerprint density at radius 3 is 2.63 bits per heavy atom. The standard InChI is InChI=1S/C23H30N2O5/c26-13-5-4-11-24-23(30)19-15-25(12-10-21(19)28)22(29)14-18-17(8-9-20(18)27)16-6-2-1-3-7-16/h1-3,6-7,19,21,26,28H,4-5,8-15H2,(H,24,30)/t19-,21+/m0/s1. The number of ketones is 1. The van der Waals surface area contributed by atoms with Gasteiger partial charge in [-0.15, -0.1) is 0 Å². The molecule has 0 radical (unpaired) electrons. The molecule has 3 N–H and O–H groups in total. The first-order valence-electron chi connectivity index (χ1n) is 10.7. The van der Waals surface area contributed by atoms with Crippen molar-refractivity contribution in [3.8, 4) is 0 Å². The Kier molecular flexibility index (Phi) is 7.76. The predicted molar refractivity (Wildman–Crippen MR) is 112 cm³/mol. The number of carbonyl (C=O) groups excluding carboxylic acids is 3. The fraction of sp³-hybridized carbons (Fsp3) is 0.522. The lowest BCUT2D eigenvalue weighted by Crippen LogP contribution is -2.51. The summed E-state index contributed by atoms with van der Waals surface area (Å²) >= 11 is 0. The number of piperidine rings is 1. The van der Waals surface area contributed by atoms with Crippen molar-refractivity contribution < 1.29 is 24.6 Å². The van der Waals surface area contributed by atoms with Crippen molar-refractivity contribution in [3.05, 3.63) is 41.5 Å². The van der Waals surface area contributed by atoms with Crippen molar-refractivity contribution in [2.24, 2.45) is 5.92 Å². The number of likely N-dealkylation sites (tertiary alicyclic amines) is 1. The van der Waals surface area contributed by atoms with Gasteiger partial charge in [-0.05, 0) is 36.8 Å². The Hall–Kier alpha value is -2.51. The summed E-state index contributed by atoms with van der Waals surface area (Å²) in [6.07, 6.45) is 1.90. The lowest BCUT2D eigenvalue weighted by atomic mass is 9.92. The van der Waals surface area contributed by atoms with Crippen LogP contribution in [0.3, 0.4) is 0 Å². The highest BCUT2D eigenvalue weighted by Crippen LogP contribution is 2.34. The minimum Gasteiger partial charge on any atom is -0.396 e. The predicted octanol–water partition coefficient (Wildman–Crippen LogP) is 1.29. The Morgan fingerprint density at radius 1 is 1.13 bits per heavy atom. The van der Waals surface area contributed by atoms with Crippen LogP contribution in [0.15, 0.2) is 35.9 Å². The van der Waals surface area contributed by atoms with E-state index in [1.165, 1.54) is 0 Å². The number of unbranched alkanes of at least 4 members (excludes halogenated alkanes) is 1. The van der Waals surface area contributed by atoms with E-state index < -0.39 is 12.0 Å². The van der Waals surface area contributed by atoms with E-state index in [1.807, 2.05) is 30.3 Å². The molecular formula is C23H30N2O5. The van der Waals surface area contributed by atoms with Gasteiger partial charge in [-0.25, -0.2) is 0 Å². The lowest BCUT2D eigenvalue weighted by molar-refractivity contribution is -0.140. The molecule has 0 aromatic heterocycles. The largest absolute Gasteiger partial charge is 0.396 e. The van der Waals surface area contributed by atoms with Crippen LogP contribution in [0.25, 0.3) is 5.57 Å². The molecular weight excluding hydrogens is 384 g/mol. The van der Waals surface area contributed by atoms with E-state index in [9.17, 15) is 19.5 Å². The quantitative estimate of drug-likeness (QED) is 0.556. The number of hydrogen-bond donors (Lipinski definition) is 3. The Labute approximate surface area is 176 Å². The van der Waals surface area contributed by atoms with E-state index in [4.69, 9.17) is 5.11 Å². The number of nitrogens with one attached hydrogen (secondary N) is 1. The maximum absolute atomic E-state index is 12.9. The van der Waals surface area contributed by atoms with Crippen LogP contribution < -0.4 is 5.32 Å². The minimum atomic E-state index is -0.793. The third-order valence-corrected chi connectivity index (χ3v) is 5.90. The van der Waals surface area contributed by atoms with Crippen molar-refractivity contribution >= 4 is 23.2 Å². The van der Waals surface area contributed by atoms with Gasteiger partial charge in [0.05, 0.1) is 18.4 Å². The number of rotatable bonds is 8. The third kappa shape index (κ3) is 5.34. The molecule has 0 saturated carbocycles. The zero-order chi connectivity index (χ0) is 21.5. The molecule has 2 atom stereocenters. The molecule has 0 unspecified atom stereocenters. The molecule has 3 rings (SSSR count). The number of nitrogens with zero attached hydrogens (tertiary/aromatic N) is 1. The summed E-state index contributed by atoms with van der Waals surface area (Å²) in [5.41, 5.74) is 2.48. The van der Waals surface area contributed by atoms with Gasteiger partial charge in [0, 0.05) is 38.2 Å². The monoisotopic (exact) mass is 414 g/mol. The molecule has 7 nitrogen and oxygen atoms in total. The molecule has 1 aliphatic heterocycles. The number of amides is 2. The number of carbonyl (C=O) groups is 3. The Bertz CT molecular complexity index is 805. The molecule has 1 heterocycles. The van der Waals surface area contributed by atoms with Gasteiger partial charge >= 0.3 is 0 Å². The van der Waals surface area contributed by atoms with Crippen LogP contribution in [0.2, 0.25) is 0 Å². The van der Waals surface area contributed by atoms with Crippen molar-refractivity contribution in [1.82, 2.24) is 10.2 Å². The number of hydrogen-bond acceptors (Lipinski definition) is 5. The van der Waals surface area contributed by atoms with E-state index in [1.54, 1.807) is 4.90 Å². The molecule has 0 spiro atoms. The van der Waals surface area contributed by atoms with Gasteiger partial charge in [-0.1, -0.05) is 30.3 Å². The van der Waals surface area contributed by atoms with E-state index >= 15 is 0 Å². The van der Waals surface area contributed by atoms with Gasteiger partial charge < -0.3 is 20.4 Å². The highest BCUT2D eigenvalue weighted by molar-refractivity contribution is 6.10. The lowest BCUT2D eigenvalue weighted by Gasteiger charge is -2.35. The molecule has 162 valence electrons. The average Bonchev–Trinajstić information content (AvgIpc) is 3.12. The first-order chi connectivity index (χ1) is 14.5. The molecule has 2 aliphatic rings. The van der Waals surface area contributed by atoms with Gasteiger partial charge in [0.25, 0.3) is 0 Å². The number of benzene rings is 1. The van der Waals surface area contributed by atoms with Gasteiger partial charge in [0.15, 0.2) is 5.78 Å². The molecule has 1 aliphatic carbocycles. The summed E-state index contributed by atoms with van der Waals surface area (Å²) in [5, 5.41) is 21.9. The maximum Gasteiger partial charge on any atom is 0.227 e. The molecule has 1 aromatic carbocycles. The second kappa shape index (κ2) is 10.5. The van der Waals surface area contributed by atoms with Crippen molar-refractivity contribution in [2.45, 2.75) is 44.6 Å². The van der Waals surface area contributed by atoms with Gasteiger partial charge in [-0.2, -0.15) is 0 Å². The van der Waals surface area contributed by atoms with Crippen LogP contribution >= 0.6 is 0 Å². The van der Waals surface area contributed by atoms with Gasteiger partial charge in [0.2, 0.25) is 11.8 Å². The molecule has 7 heteroatoms. The second-order valence-electron chi connectivity index (χ2n) is 7.95. The van der Waals surface area contributed by atoms with Crippen LogP contribution in [-0.4, -0.2) is 65.1 Å². The van der Waals surface area contributed by atoms with E-state index in [2.05, 4.69) is 5.32 Å². The molecule has 2 amide bonds. The second-order valence-corrected chi connectivity index (χ2v) is 7.95. The van der Waals surface area contributed by atoms with Crippen LogP contribution in [0.1, 0.15) is 44.1 Å². The van der Waals surface area contributed by atoms with Crippen molar-refractivity contribution in [2.75, 3.05) is 26.2 Å². The smallest absolute Gasteiger partial charge is 0.227 e. The van der Waals surface area contributed by atoms with Crippen LogP contribution in [0.5, 0.6) is 0 Å². The summed E-state index contributed by atoms with van der Waals surface area (Å²) in [7, 11) is 0. The first kappa shape index (κ1) is 22.2. The van der Waals surface area contributed by atoms with Gasteiger partial charge in [-0.3, -0.25) is 14.4 Å². The van der Waals surface area contributed by atoms with Gasteiger partial charge in [0.1, 0.15) is 0 Å². The van der Waals surface area contributed by atoms with Crippen molar-refractivity contribution in [1.29, 1.82) is 0 Å². The zero-order valence-corrected chi connectivity index (χ0v) is 17.2. The molecule has 1 fully saturated rings. The summed E-state index contributed by atoms with van der Waals surface area (Å²) in [6, 6.07) is 9.65. The number of aliphatic hydroxyl groups excluding tert-OH is 2. The Balaban J connectivity index is 1.64. The maximum atomic E-state index is 12.9. The molecule has 30 heavy (non-hydrogen) atoms. The highest BCUT2D eigenvalue weighted by Gasteiger charge is 2.36. The SMILES string of the molecule is O=C1CCC(c2ccccc2)=C1CC(=O)N1CC[C@@H](O)[C@@H](C(=O)NCCCCO)C1. The molecule has 1 aromatic rings. The van der Waals surface area contributed by atoms with Crippen LogP contribution in [-0.2, 0) is 14.4 Å². The summed E-state index contributed by atoms with van der Waals surface area (Å²) in [6.45, 7) is 1.02. The molecule has 1 saturated heterocycles. The van der Waals surface area contributed by atoms with E-state index in [-0.39, 0.29) is 37.2 Å². The van der Waals surface area contributed by atoms with Crippen molar-refractivity contribution in [3.63, 3.8) is 0 Å². The summed E-state index contributed by atoms with van der Waals surface area (Å²) < 4.78 is 0. The number of allylic oxidation sites excluding steroid dienone is 1. The molecule has 0 bridgehead atoms.